The second-order valence-corrected chi connectivity index (χ2v) is 4.39. The third-order valence-electron chi connectivity index (χ3n) is 3.05. The van der Waals surface area contributed by atoms with Gasteiger partial charge in [0.25, 0.3) is 0 Å². The summed E-state index contributed by atoms with van der Waals surface area (Å²) in [6, 6.07) is 9.57. The van der Waals surface area contributed by atoms with Crippen LogP contribution in [0.3, 0.4) is 0 Å². The zero-order valence-electron chi connectivity index (χ0n) is 10.6. The van der Waals surface area contributed by atoms with Gasteiger partial charge in [-0.3, -0.25) is 4.79 Å². The molecule has 1 unspecified atom stereocenters. The van der Waals surface area contributed by atoms with E-state index in [0.29, 0.717) is 12.3 Å². The van der Waals surface area contributed by atoms with Crippen LogP contribution < -0.4 is 0 Å². The van der Waals surface area contributed by atoms with E-state index in [9.17, 15) is 4.79 Å². The van der Waals surface area contributed by atoms with E-state index in [1.165, 1.54) is 4.90 Å². The molecule has 0 radical (unpaired) electrons. The lowest BCUT2D eigenvalue weighted by atomic mass is 10.1. The van der Waals surface area contributed by atoms with Crippen molar-refractivity contribution in [1.29, 1.82) is 0 Å². The Kier molecular flexibility index (Phi) is 3.67. The van der Waals surface area contributed by atoms with E-state index in [-0.39, 0.29) is 18.4 Å². The Bertz CT molecular complexity index is 514. The van der Waals surface area contributed by atoms with Gasteiger partial charge < -0.3 is 14.4 Å². The van der Waals surface area contributed by atoms with Gasteiger partial charge in [-0.1, -0.05) is 18.2 Å². The van der Waals surface area contributed by atoms with Crippen LogP contribution in [0.15, 0.2) is 34.7 Å². The molecule has 0 fully saturated rings. The number of amides is 1. The maximum atomic E-state index is 12.1. The van der Waals surface area contributed by atoms with Gasteiger partial charge in [0.15, 0.2) is 0 Å². The molecular weight excluding hydrogens is 230 g/mol. The van der Waals surface area contributed by atoms with E-state index in [4.69, 9.17) is 9.52 Å². The largest absolute Gasteiger partial charge is 0.460 e. The van der Waals surface area contributed by atoms with Crippen molar-refractivity contribution < 1.29 is 14.3 Å². The highest BCUT2D eigenvalue weighted by Crippen LogP contribution is 2.25. The topological polar surface area (TPSA) is 53.7 Å². The number of carbonyl (C=O) groups is 1. The number of rotatable bonds is 4. The second kappa shape index (κ2) is 5.23. The zero-order valence-corrected chi connectivity index (χ0v) is 10.6. The zero-order chi connectivity index (χ0) is 13.1. The molecule has 1 aromatic heterocycles. The summed E-state index contributed by atoms with van der Waals surface area (Å²) in [5.41, 5.74) is 0.789. The van der Waals surface area contributed by atoms with Gasteiger partial charge in [0.05, 0.1) is 12.5 Å². The first kappa shape index (κ1) is 12.6. The number of likely N-dealkylation sites (N-methyl/N-ethyl adjacent to an activating group) is 1. The Hall–Kier alpha value is -1.81. The molecule has 2 rings (SSSR count). The Labute approximate surface area is 106 Å². The highest BCUT2D eigenvalue weighted by Gasteiger charge is 2.22. The summed E-state index contributed by atoms with van der Waals surface area (Å²) in [6.45, 7) is 2.12. The molecular formula is C14H17NO3. The molecule has 0 saturated heterocycles. The van der Waals surface area contributed by atoms with Crippen LogP contribution in [-0.2, 0) is 4.79 Å². The summed E-state index contributed by atoms with van der Waals surface area (Å²) in [4.78, 5) is 13.6. The normalized spacial score (nSPS) is 12.6. The van der Waals surface area contributed by atoms with Crippen molar-refractivity contribution in [3.8, 4) is 0 Å². The van der Waals surface area contributed by atoms with Crippen molar-refractivity contribution in [2.24, 2.45) is 0 Å². The van der Waals surface area contributed by atoms with Crippen molar-refractivity contribution in [1.82, 2.24) is 4.90 Å². The number of aliphatic hydroxyl groups excluding tert-OH is 1. The number of hydrogen-bond donors (Lipinski definition) is 1. The molecule has 4 nitrogen and oxygen atoms in total. The number of benzene rings is 1. The maximum absolute atomic E-state index is 12.1. The first-order valence-electron chi connectivity index (χ1n) is 5.98. The first-order valence-corrected chi connectivity index (χ1v) is 5.98. The molecule has 1 atom stereocenters. The molecule has 0 spiro atoms. The van der Waals surface area contributed by atoms with Crippen molar-refractivity contribution in [3.05, 3.63) is 36.1 Å². The van der Waals surface area contributed by atoms with Crippen LogP contribution in [0.25, 0.3) is 11.0 Å². The van der Waals surface area contributed by atoms with E-state index < -0.39 is 0 Å². The minimum absolute atomic E-state index is 0.0326. The number of aliphatic hydroxyl groups is 1. The molecule has 2 aromatic rings. The SMILES string of the molecule is CC(C(=O)N(C)CCO)c1cc2ccccc2o1. The molecule has 1 aromatic carbocycles. The number of para-hydroxylation sites is 1. The number of nitrogens with zero attached hydrogens (tertiary/aromatic N) is 1. The molecule has 4 heteroatoms. The summed E-state index contributed by atoms with van der Waals surface area (Å²) in [7, 11) is 1.68. The van der Waals surface area contributed by atoms with Crippen molar-refractivity contribution >= 4 is 16.9 Å². The van der Waals surface area contributed by atoms with E-state index >= 15 is 0 Å². The number of carbonyl (C=O) groups excluding carboxylic acids is 1. The fraction of sp³-hybridized carbons (Fsp3) is 0.357. The third kappa shape index (κ3) is 2.38. The fourth-order valence-corrected chi connectivity index (χ4v) is 1.93. The van der Waals surface area contributed by atoms with Gasteiger partial charge in [0.2, 0.25) is 5.91 Å². The van der Waals surface area contributed by atoms with Crippen LogP contribution in [0.4, 0.5) is 0 Å². The fourth-order valence-electron chi connectivity index (χ4n) is 1.93. The lowest BCUT2D eigenvalue weighted by Crippen LogP contribution is -2.32. The van der Waals surface area contributed by atoms with Gasteiger partial charge >= 0.3 is 0 Å². The molecule has 18 heavy (non-hydrogen) atoms. The molecule has 0 saturated carbocycles. The quantitative estimate of drug-likeness (QED) is 0.899. The van der Waals surface area contributed by atoms with Crippen molar-refractivity contribution in [2.75, 3.05) is 20.2 Å². The molecule has 0 aliphatic heterocycles. The third-order valence-corrected chi connectivity index (χ3v) is 3.05. The van der Waals surface area contributed by atoms with Crippen molar-refractivity contribution in [2.45, 2.75) is 12.8 Å². The predicted octanol–water partition coefficient (Wildman–Crippen LogP) is 1.99. The number of fused-ring (bicyclic) bond motifs is 1. The van der Waals surface area contributed by atoms with Gasteiger partial charge in [0.1, 0.15) is 11.3 Å². The smallest absolute Gasteiger partial charge is 0.232 e. The Morgan fingerprint density at radius 2 is 2.17 bits per heavy atom. The Morgan fingerprint density at radius 3 is 2.83 bits per heavy atom. The molecule has 0 aliphatic rings. The average Bonchev–Trinajstić information content (AvgIpc) is 2.81. The van der Waals surface area contributed by atoms with E-state index in [1.807, 2.05) is 37.3 Å². The highest BCUT2D eigenvalue weighted by atomic mass is 16.3. The minimum atomic E-state index is -0.339. The summed E-state index contributed by atoms with van der Waals surface area (Å²) in [6.07, 6.45) is 0. The summed E-state index contributed by atoms with van der Waals surface area (Å²) in [5.74, 6) is 0.267. The predicted molar refractivity (Wildman–Crippen MR) is 69.4 cm³/mol. The lowest BCUT2D eigenvalue weighted by Gasteiger charge is -2.19. The highest BCUT2D eigenvalue weighted by molar-refractivity contribution is 5.85. The van der Waals surface area contributed by atoms with Gasteiger partial charge in [-0.25, -0.2) is 0 Å². The summed E-state index contributed by atoms with van der Waals surface area (Å²) >= 11 is 0. The molecule has 1 heterocycles. The van der Waals surface area contributed by atoms with E-state index in [0.717, 1.165) is 11.0 Å². The summed E-state index contributed by atoms with van der Waals surface area (Å²) in [5, 5.41) is 9.83. The number of furan rings is 1. The van der Waals surface area contributed by atoms with Gasteiger partial charge in [-0.2, -0.15) is 0 Å². The summed E-state index contributed by atoms with van der Waals surface area (Å²) < 4.78 is 5.67. The van der Waals surface area contributed by atoms with Crippen LogP contribution >= 0.6 is 0 Å². The first-order chi connectivity index (χ1) is 8.63. The maximum Gasteiger partial charge on any atom is 0.232 e. The second-order valence-electron chi connectivity index (χ2n) is 4.39. The molecule has 1 N–H and O–H groups in total. The Balaban J connectivity index is 2.22. The Morgan fingerprint density at radius 1 is 1.44 bits per heavy atom. The van der Waals surface area contributed by atoms with Crippen molar-refractivity contribution in [3.63, 3.8) is 0 Å². The average molecular weight is 247 g/mol. The lowest BCUT2D eigenvalue weighted by molar-refractivity contribution is -0.131. The molecule has 1 amide bonds. The minimum Gasteiger partial charge on any atom is -0.460 e. The molecule has 96 valence electrons. The van der Waals surface area contributed by atoms with Gasteiger partial charge in [-0.05, 0) is 19.1 Å². The standard InChI is InChI=1S/C14H17NO3/c1-10(14(17)15(2)7-8-16)13-9-11-5-3-4-6-12(11)18-13/h3-6,9-10,16H,7-8H2,1-2H3. The van der Waals surface area contributed by atoms with Crippen LogP contribution in [0.2, 0.25) is 0 Å². The van der Waals surface area contributed by atoms with Crippen LogP contribution in [0.1, 0.15) is 18.6 Å². The van der Waals surface area contributed by atoms with Crippen LogP contribution in [0, 0.1) is 0 Å². The van der Waals surface area contributed by atoms with Crippen LogP contribution in [-0.4, -0.2) is 36.1 Å². The van der Waals surface area contributed by atoms with Gasteiger partial charge in [-0.15, -0.1) is 0 Å². The monoisotopic (exact) mass is 247 g/mol. The van der Waals surface area contributed by atoms with Crippen LogP contribution in [0.5, 0.6) is 0 Å². The van der Waals surface area contributed by atoms with Gasteiger partial charge in [0, 0.05) is 19.0 Å². The number of hydrogen-bond acceptors (Lipinski definition) is 3. The molecule has 0 bridgehead atoms. The van der Waals surface area contributed by atoms with E-state index in [1.54, 1.807) is 7.05 Å². The van der Waals surface area contributed by atoms with E-state index in [2.05, 4.69) is 0 Å². The molecule has 0 aliphatic carbocycles.